The molecule has 0 radical (unpaired) electrons. The second-order valence-electron chi connectivity index (χ2n) is 4.78. The van der Waals surface area contributed by atoms with Crippen LogP contribution in [0.1, 0.15) is 29.1 Å². The summed E-state index contributed by atoms with van der Waals surface area (Å²) < 4.78 is 3.20. The standard InChI is InChI=1S/C13H13N5O3/c1-7(11-16-14-6-17(11)2)18-9-5-3-4-8(12(19)20)10(9)15-13(18)21/h3-7H,1-2H3,(H,15,21)(H,19,20). The van der Waals surface area contributed by atoms with Crippen molar-refractivity contribution in [1.29, 1.82) is 0 Å². The van der Waals surface area contributed by atoms with Crippen LogP contribution >= 0.6 is 0 Å². The Bertz CT molecular complexity index is 889. The lowest BCUT2D eigenvalue weighted by Crippen LogP contribution is -2.23. The maximum Gasteiger partial charge on any atom is 0.337 e. The molecule has 0 saturated carbocycles. The quantitative estimate of drug-likeness (QED) is 0.740. The fraction of sp³-hybridized carbons (Fsp3) is 0.231. The van der Waals surface area contributed by atoms with Crippen LogP contribution in [-0.4, -0.2) is 35.4 Å². The van der Waals surface area contributed by atoms with Crippen molar-refractivity contribution < 1.29 is 9.90 Å². The van der Waals surface area contributed by atoms with Crippen molar-refractivity contribution in [2.75, 3.05) is 0 Å². The van der Waals surface area contributed by atoms with Gasteiger partial charge in [-0.25, -0.2) is 9.59 Å². The Morgan fingerprint density at radius 3 is 2.81 bits per heavy atom. The number of benzene rings is 1. The molecule has 1 unspecified atom stereocenters. The minimum absolute atomic E-state index is 0.0634. The van der Waals surface area contributed by atoms with Crippen LogP contribution in [-0.2, 0) is 7.05 Å². The molecule has 0 spiro atoms. The van der Waals surface area contributed by atoms with E-state index in [4.69, 9.17) is 0 Å². The number of carboxylic acid groups (broad SMARTS) is 1. The molecular weight excluding hydrogens is 274 g/mol. The molecule has 2 N–H and O–H groups in total. The first-order valence-electron chi connectivity index (χ1n) is 6.31. The van der Waals surface area contributed by atoms with Crippen molar-refractivity contribution in [3.63, 3.8) is 0 Å². The van der Waals surface area contributed by atoms with E-state index in [-0.39, 0.29) is 17.3 Å². The Hall–Kier alpha value is -2.90. The Labute approximate surface area is 118 Å². The zero-order valence-electron chi connectivity index (χ0n) is 11.4. The highest BCUT2D eigenvalue weighted by molar-refractivity contribution is 6.00. The number of nitrogens with zero attached hydrogens (tertiary/aromatic N) is 4. The van der Waals surface area contributed by atoms with Gasteiger partial charge in [0.25, 0.3) is 0 Å². The van der Waals surface area contributed by atoms with Crippen molar-refractivity contribution in [3.05, 3.63) is 46.4 Å². The Morgan fingerprint density at radius 1 is 1.43 bits per heavy atom. The van der Waals surface area contributed by atoms with Gasteiger partial charge in [0.2, 0.25) is 0 Å². The van der Waals surface area contributed by atoms with Gasteiger partial charge in [-0.05, 0) is 19.1 Å². The number of hydrogen-bond donors (Lipinski definition) is 2. The van der Waals surface area contributed by atoms with Gasteiger partial charge in [0.15, 0.2) is 5.82 Å². The summed E-state index contributed by atoms with van der Waals surface area (Å²) in [5, 5.41) is 17.0. The molecule has 1 atom stereocenters. The van der Waals surface area contributed by atoms with Crippen LogP contribution in [0.3, 0.4) is 0 Å². The van der Waals surface area contributed by atoms with Crippen LogP contribution < -0.4 is 5.69 Å². The number of nitrogens with one attached hydrogen (secondary N) is 1. The lowest BCUT2D eigenvalue weighted by atomic mass is 10.2. The van der Waals surface area contributed by atoms with E-state index in [2.05, 4.69) is 15.2 Å². The summed E-state index contributed by atoms with van der Waals surface area (Å²) in [4.78, 5) is 26.1. The van der Waals surface area contributed by atoms with Crippen LogP contribution in [0.15, 0.2) is 29.3 Å². The molecule has 108 valence electrons. The average molecular weight is 287 g/mol. The number of aromatic amines is 1. The summed E-state index contributed by atoms with van der Waals surface area (Å²) in [6.45, 7) is 1.81. The minimum Gasteiger partial charge on any atom is -0.478 e. The fourth-order valence-electron chi connectivity index (χ4n) is 2.50. The maximum atomic E-state index is 12.2. The molecule has 0 saturated heterocycles. The minimum atomic E-state index is -1.08. The van der Waals surface area contributed by atoms with Gasteiger partial charge in [-0.2, -0.15) is 0 Å². The highest BCUT2D eigenvalue weighted by atomic mass is 16.4. The van der Waals surface area contributed by atoms with Gasteiger partial charge in [-0.15, -0.1) is 10.2 Å². The number of para-hydroxylation sites is 1. The molecule has 2 aromatic heterocycles. The van der Waals surface area contributed by atoms with E-state index in [1.807, 2.05) is 6.92 Å². The number of rotatable bonds is 3. The van der Waals surface area contributed by atoms with Crippen LogP contribution in [0, 0.1) is 0 Å². The van der Waals surface area contributed by atoms with E-state index >= 15 is 0 Å². The second-order valence-corrected chi connectivity index (χ2v) is 4.78. The number of hydrogen-bond acceptors (Lipinski definition) is 4. The molecule has 0 amide bonds. The van der Waals surface area contributed by atoms with Gasteiger partial charge >= 0.3 is 11.7 Å². The van der Waals surface area contributed by atoms with Crippen LogP contribution in [0.4, 0.5) is 0 Å². The third kappa shape index (κ3) is 1.92. The molecule has 21 heavy (non-hydrogen) atoms. The van der Waals surface area contributed by atoms with E-state index in [9.17, 15) is 14.7 Å². The number of H-pyrrole nitrogens is 1. The summed E-state index contributed by atoms with van der Waals surface area (Å²) in [6.07, 6.45) is 1.55. The van der Waals surface area contributed by atoms with Gasteiger partial charge in [0, 0.05) is 7.05 Å². The average Bonchev–Trinajstić information content (AvgIpc) is 2.99. The maximum absolute atomic E-state index is 12.2. The molecule has 0 aliphatic heterocycles. The monoisotopic (exact) mass is 287 g/mol. The van der Waals surface area contributed by atoms with Crippen molar-refractivity contribution in [1.82, 2.24) is 24.3 Å². The molecule has 8 heteroatoms. The van der Waals surface area contributed by atoms with E-state index in [1.165, 1.54) is 10.6 Å². The number of aryl methyl sites for hydroxylation is 1. The van der Waals surface area contributed by atoms with Gasteiger partial charge < -0.3 is 14.7 Å². The summed E-state index contributed by atoms with van der Waals surface area (Å²) in [7, 11) is 1.79. The highest BCUT2D eigenvalue weighted by Gasteiger charge is 2.21. The SMILES string of the molecule is CC(c1nncn1C)n1c(=O)[nH]c2c(C(=O)O)cccc21. The Morgan fingerprint density at radius 2 is 2.19 bits per heavy atom. The van der Waals surface area contributed by atoms with Crippen LogP contribution in [0.2, 0.25) is 0 Å². The Balaban J connectivity index is 2.27. The van der Waals surface area contributed by atoms with Gasteiger partial charge in [-0.1, -0.05) is 6.07 Å². The number of fused-ring (bicyclic) bond motifs is 1. The highest BCUT2D eigenvalue weighted by Crippen LogP contribution is 2.21. The number of aromatic nitrogens is 5. The summed E-state index contributed by atoms with van der Waals surface area (Å²) >= 11 is 0. The molecule has 0 aliphatic rings. The van der Waals surface area contributed by atoms with E-state index < -0.39 is 5.97 Å². The third-order valence-corrected chi connectivity index (χ3v) is 3.49. The second kappa shape index (κ2) is 4.58. The van der Waals surface area contributed by atoms with Gasteiger partial charge in [0.1, 0.15) is 6.33 Å². The molecule has 8 nitrogen and oxygen atoms in total. The predicted octanol–water partition coefficient (Wildman–Crippen LogP) is 0.766. The number of aromatic carboxylic acids is 1. The molecule has 2 heterocycles. The van der Waals surface area contributed by atoms with Crippen LogP contribution in [0.25, 0.3) is 11.0 Å². The summed E-state index contributed by atoms with van der Waals surface area (Å²) in [5.41, 5.74) is 0.516. The summed E-state index contributed by atoms with van der Waals surface area (Å²) in [6, 6.07) is 4.39. The van der Waals surface area contributed by atoms with E-state index in [0.29, 0.717) is 16.9 Å². The fourth-order valence-corrected chi connectivity index (χ4v) is 2.50. The number of carbonyl (C=O) groups is 1. The lowest BCUT2D eigenvalue weighted by Gasteiger charge is -2.12. The smallest absolute Gasteiger partial charge is 0.337 e. The van der Waals surface area contributed by atoms with Crippen molar-refractivity contribution in [2.45, 2.75) is 13.0 Å². The Kier molecular flexibility index (Phi) is 2.86. The predicted molar refractivity (Wildman–Crippen MR) is 74.3 cm³/mol. The molecular formula is C13H13N5O3. The zero-order valence-corrected chi connectivity index (χ0v) is 11.4. The van der Waals surface area contributed by atoms with Gasteiger partial charge in [0.05, 0.1) is 22.6 Å². The van der Waals surface area contributed by atoms with Gasteiger partial charge in [-0.3, -0.25) is 4.57 Å². The van der Waals surface area contributed by atoms with E-state index in [1.54, 1.807) is 30.1 Å². The first-order chi connectivity index (χ1) is 10.0. The number of carboxylic acids is 1. The lowest BCUT2D eigenvalue weighted by molar-refractivity contribution is 0.0699. The normalized spacial score (nSPS) is 12.7. The molecule has 0 bridgehead atoms. The van der Waals surface area contributed by atoms with Crippen molar-refractivity contribution >= 4 is 17.0 Å². The molecule has 3 rings (SSSR count). The van der Waals surface area contributed by atoms with Crippen molar-refractivity contribution in [3.8, 4) is 0 Å². The molecule has 0 aliphatic carbocycles. The first kappa shape index (κ1) is 13.1. The molecule has 3 aromatic rings. The van der Waals surface area contributed by atoms with E-state index in [0.717, 1.165) is 0 Å². The van der Waals surface area contributed by atoms with Crippen LogP contribution in [0.5, 0.6) is 0 Å². The van der Waals surface area contributed by atoms with Crippen molar-refractivity contribution in [2.24, 2.45) is 7.05 Å². The topological polar surface area (TPSA) is 106 Å². The zero-order chi connectivity index (χ0) is 15.1. The number of imidazole rings is 1. The largest absolute Gasteiger partial charge is 0.478 e. The summed E-state index contributed by atoms with van der Waals surface area (Å²) in [5.74, 6) is -0.473. The third-order valence-electron chi connectivity index (χ3n) is 3.49. The first-order valence-corrected chi connectivity index (χ1v) is 6.31. The molecule has 1 aromatic carbocycles. The molecule has 0 fully saturated rings.